The van der Waals surface area contributed by atoms with E-state index in [1.165, 1.54) is 0 Å². The predicted molar refractivity (Wildman–Crippen MR) is 144 cm³/mol. The van der Waals surface area contributed by atoms with Crippen LogP contribution < -0.4 is 21.3 Å². The highest BCUT2D eigenvalue weighted by atomic mass is 16.1. The van der Waals surface area contributed by atoms with Crippen molar-refractivity contribution in [2.24, 2.45) is 0 Å². The molecule has 0 aromatic heterocycles. The van der Waals surface area contributed by atoms with Crippen molar-refractivity contribution < 1.29 is 9.59 Å². The summed E-state index contributed by atoms with van der Waals surface area (Å²) in [7, 11) is 0. The summed E-state index contributed by atoms with van der Waals surface area (Å²) >= 11 is 0. The van der Waals surface area contributed by atoms with Gasteiger partial charge in [0.1, 0.15) is 5.54 Å². The maximum absolute atomic E-state index is 13.2. The van der Waals surface area contributed by atoms with Crippen LogP contribution in [0.15, 0.2) is 93.7 Å². The minimum atomic E-state index is -1.04. The lowest BCUT2D eigenvalue weighted by Crippen LogP contribution is -2.50. The first-order valence-corrected chi connectivity index (χ1v) is 12.6. The highest BCUT2D eigenvalue weighted by molar-refractivity contribution is 6.00. The Kier molecular flexibility index (Phi) is 5.02. The first-order valence-electron chi connectivity index (χ1n) is 12.6. The van der Waals surface area contributed by atoms with E-state index in [1.807, 2.05) is 32.1 Å². The van der Waals surface area contributed by atoms with E-state index in [0.717, 1.165) is 33.8 Å². The van der Waals surface area contributed by atoms with E-state index in [2.05, 4.69) is 79.3 Å². The third kappa shape index (κ3) is 3.23. The van der Waals surface area contributed by atoms with Crippen LogP contribution in [-0.4, -0.2) is 33.7 Å². The summed E-state index contributed by atoms with van der Waals surface area (Å²) in [6, 6.07) is 0. The van der Waals surface area contributed by atoms with E-state index in [0.29, 0.717) is 11.3 Å². The molecule has 36 heavy (non-hydrogen) atoms. The van der Waals surface area contributed by atoms with Crippen LogP contribution in [0.4, 0.5) is 0 Å². The third-order valence-corrected chi connectivity index (χ3v) is 8.82. The fourth-order valence-corrected chi connectivity index (χ4v) is 6.02. The quantitative estimate of drug-likeness (QED) is 0.476. The molecule has 5 aliphatic heterocycles. The monoisotopic (exact) mass is 484 g/mol. The van der Waals surface area contributed by atoms with Crippen LogP contribution in [0.25, 0.3) is 0 Å². The lowest BCUT2D eigenvalue weighted by atomic mass is 9.86. The molecule has 5 aliphatic rings. The van der Waals surface area contributed by atoms with Crippen LogP contribution in [0.1, 0.15) is 55.4 Å². The number of ketones is 2. The van der Waals surface area contributed by atoms with Crippen LogP contribution in [-0.2, 0) is 9.59 Å². The fourth-order valence-electron chi connectivity index (χ4n) is 6.02. The molecule has 6 nitrogen and oxygen atoms in total. The van der Waals surface area contributed by atoms with E-state index in [9.17, 15) is 9.59 Å². The SMILES string of the molecule is CC(=O)/C1=C2\C=CC(C(C)=O)(N2)/C(C)=C2/C=CC(C)(N2)/C(C)=C2/C=CC(C)(N2)/C(C)=C2/C=CC1(C)N2. The molecule has 0 aromatic rings. The standard InChI is InChI=1S/C30H36N4O2/c1-17-22-9-13-27(6,31-22)18(2)23-11-15-29(8,33-23)26(20(4)35)25-12-16-30(34-25,21(5)36)19(3)24-10-14-28(17,7)32-24/h9-16,31-34H,1-8H3/b22-17-,23-18-,24-19-,26-25-. The topological polar surface area (TPSA) is 82.3 Å². The summed E-state index contributed by atoms with van der Waals surface area (Å²) in [6.45, 7) is 15.7. The van der Waals surface area contributed by atoms with Crippen molar-refractivity contribution in [2.45, 2.75) is 77.5 Å². The Morgan fingerprint density at radius 2 is 1.00 bits per heavy atom. The summed E-state index contributed by atoms with van der Waals surface area (Å²) in [5, 5.41) is 14.5. The van der Waals surface area contributed by atoms with Crippen molar-refractivity contribution in [3.63, 3.8) is 0 Å². The summed E-state index contributed by atoms with van der Waals surface area (Å²) in [6.07, 6.45) is 16.4. The van der Waals surface area contributed by atoms with Gasteiger partial charge < -0.3 is 21.3 Å². The van der Waals surface area contributed by atoms with E-state index in [1.54, 1.807) is 13.8 Å². The number of carbonyl (C=O) groups excluding carboxylic acids is 2. The smallest absolute Gasteiger partial charge is 0.163 e. The van der Waals surface area contributed by atoms with Crippen molar-refractivity contribution >= 4 is 11.6 Å². The second-order valence-electron chi connectivity index (χ2n) is 11.3. The Balaban J connectivity index is 1.77. The third-order valence-electron chi connectivity index (χ3n) is 8.82. The first-order chi connectivity index (χ1) is 16.7. The average molecular weight is 485 g/mol. The summed E-state index contributed by atoms with van der Waals surface area (Å²) in [5.41, 5.74) is 4.81. The van der Waals surface area contributed by atoms with Crippen molar-refractivity contribution in [3.8, 4) is 0 Å². The molecule has 8 bridgehead atoms. The first kappa shape index (κ1) is 24.2. The zero-order valence-corrected chi connectivity index (χ0v) is 22.4. The van der Waals surface area contributed by atoms with Crippen LogP contribution in [0.2, 0.25) is 0 Å². The zero-order chi connectivity index (χ0) is 26.3. The molecule has 0 aromatic carbocycles. The number of fused-ring (bicyclic) bond motifs is 8. The Bertz CT molecular complexity index is 1370. The highest BCUT2D eigenvalue weighted by Crippen LogP contribution is 2.40. The van der Waals surface area contributed by atoms with Gasteiger partial charge in [-0.15, -0.1) is 0 Å². The van der Waals surface area contributed by atoms with Gasteiger partial charge in [-0.05, 0) is 102 Å². The van der Waals surface area contributed by atoms with Gasteiger partial charge >= 0.3 is 0 Å². The molecule has 5 heterocycles. The minimum absolute atomic E-state index is 0.0330. The van der Waals surface area contributed by atoms with E-state index in [-0.39, 0.29) is 17.1 Å². The molecule has 6 heteroatoms. The number of rotatable bonds is 2. The Labute approximate surface area is 213 Å². The Morgan fingerprint density at radius 3 is 1.47 bits per heavy atom. The van der Waals surface area contributed by atoms with E-state index >= 15 is 0 Å². The molecular formula is C30H36N4O2. The molecule has 4 N–H and O–H groups in total. The van der Waals surface area contributed by atoms with E-state index in [4.69, 9.17) is 0 Å². The minimum Gasteiger partial charge on any atom is -0.373 e. The predicted octanol–water partition coefficient (Wildman–Crippen LogP) is 3.91. The van der Waals surface area contributed by atoms with Gasteiger partial charge in [-0.1, -0.05) is 18.2 Å². The summed E-state index contributed by atoms with van der Waals surface area (Å²) in [4.78, 5) is 26.3. The zero-order valence-electron chi connectivity index (χ0n) is 22.4. The van der Waals surface area contributed by atoms with Gasteiger partial charge in [-0.3, -0.25) is 9.59 Å². The van der Waals surface area contributed by atoms with Gasteiger partial charge in [0, 0.05) is 28.4 Å². The van der Waals surface area contributed by atoms with Gasteiger partial charge in [0.25, 0.3) is 0 Å². The molecule has 0 amide bonds. The maximum atomic E-state index is 13.2. The lowest BCUT2D eigenvalue weighted by Gasteiger charge is -2.35. The number of nitrogens with one attached hydrogen (secondary N) is 4. The fraction of sp³-hybridized carbons (Fsp3) is 0.400. The van der Waals surface area contributed by atoms with Gasteiger partial charge in [-0.25, -0.2) is 0 Å². The average Bonchev–Trinajstić information content (AvgIpc) is 3.59. The van der Waals surface area contributed by atoms with Crippen LogP contribution in [0.5, 0.6) is 0 Å². The second kappa shape index (κ2) is 7.48. The number of allylic oxidation sites excluding steroid dienone is 4. The van der Waals surface area contributed by atoms with Crippen LogP contribution in [0.3, 0.4) is 0 Å². The van der Waals surface area contributed by atoms with Crippen molar-refractivity contribution in [1.82, 2.24) is 21.3 Å². The molecule has 0 radical (unpaired) electrons. The largest absolute Gasteiger partial charge is 0.373 e. The number of hydrogen-bond donors (Lipinski definition) is 4. The van der Waals surface area contributed by atoms with Crippen molar-refractivity contribution in [3.05, 3.63) is 93.7 Å². The van der Waals surface area contributed by atoms with Gasteiger partial charge in [0.15, 0.2) is 11.6 Å². The maximum Gasteiger partial charge on any atom is 0.163 e. The normalized spacial score (nSPS) is 44.4. The van der Waals surface area contributed by atoms with Crippen LogP contribution >= 0.6 is 0 Å². The lowest BCUT2D eigenvalue weighted by molar-refractivity contribution is -0.120. The molecule has 0 aliphatic carbocycles. The molecule has 0 saturated carbocycles. The summed E-state index contributed by atoms with van der Waals surface area (Å²) in [5.74, 6) is -0.0850. The van der Waals surface area contributed by atoms with Gasteiger partial charge in [0.2, 0.25) is 0 Å². The van der Waals surface area contributed by atoms with Gasteiger partial charge in [0.05, 0.1) is 16.6 Å². The molecule has 0 fully saturated rings. The van der Waals surface area contributed by atoms with E-state index < -0.39 is 16.6 Å². The van der Waals surface area contributed by atoms with Crippen molar-refractivity contribution in [1.29, 1.82) is 0 Å². The highest BCUT2D eigenvalue weighted by Gasteiger charge is 2.45. The molecule has 4 unspecified atom stereocenters. The second-order valence-corrected chi connectivity index (χ2v) is 11.3. The molecule has 0 spiro atoms. The Morgan fingerprint density at radius 1 is 0.583 bits per heavy atom. The molecule has 5 rings (SSSR count). The molecule has 188 valence electrons. The van der Waals surface area contributed by atoms with Gasteiger partial charge in [-0.2, -0.15) is 0 Å². The Hall–Kier alpha value is -3.54. The van der Waals surface area contributed by atoms with Crippen LogP contribution in [0, 0.1) is 0 Å². The van der Waals surface area contributed by atoms with Crippen molar-refractivity contribution in [2.75, 3.05) is 0 Å². The number of carbonyl (C=O) groups is 2. The molecule has 0 saturated heterocycles. The molecule has 4 atom stereocenters. The number of Topliss-reactive ketones (excluding diaryl/α,β-unsaturated/α-hetero) is 2. The summed E-state index contributed by atoms with van der Waals surface area (Å²) < 4.78 is 0. The number of hydrogen-bond acceptors (Lipinski definition) is 6. The molecular weight excluding hydrogens is 448 g/mol.